The van der Waals surface area contributed by atoms with Gasteiger partial charge in [-0.2, -0.15) is 5.10 Å². The van der Waals surface area contributed by atoms with Crippen molar-refractivity contribution in [1.82, 2.24) is 19.9 Å². The maximum absolute atomic E-state index is 6.55. The van der Waals surface area contributed by atoms with Crippen molar-refractivity contribution in [2.75, 3.05) is 0 Å². The molecule has 26 heavy (non-hydrogen) atoms. The van der Waals surface area contributed by atoms with Crippen molar-refractivity contribution in [3.05, 3.63) is 65.2 Å². The topological polar surface area (TPSA) is 107 Å². The summed E-state index contributed by atoms with van der Waals surface area (Å²) in [5.74, 6) is 0.260. The van der Waals surface area contributed by atoms with Crippen molar-refractivity contribution < 1.29 is 0 Å². The number of hydrogen-bond acceptors (Lipinski definition) is 6. The molecule has 0 fully saturated rings. The second-order valence-corrected chi connectivity index (χ2v) is 6.66. The highest BCUT2D eigenvalue weighted by Gasteiger charge is 2.34. The summed E-state index contributed by atoms with van der Waals surface area (Å²) >= 11 is 6.21. The molecule has 3 aromatic rings. The first-order valence-corrected chi connectivity index (χ1v) is 8.53. The van der Waals surface area contributed by atoms with Crippen LogP contribution in [0.2, 0.25) is 5.15 Å². The van der Waals surface area contributed by atoms with E-state index in [1.165, 1.54) is 6.34 Å². The second kappa shape index (κ2) is 6.12. The molecule has 1 aliphatic heterocycles. The maximum atomic E-state index is 6.55. The van der Waals surface area contributed by atoms with Crippen LogP contribution < -0.4 is 16.8 Å². The van der Waals surface area contributed by atoms with E-state index < -0.39 is 5.66 Å². The van der Waals surface area contributed by atoms with Crippen LogP contribution in [0, 0.1) is 0 Å². The van der Waals surface area contributed by atoms with Crippen LogP contribution in [-0.2, 0) is 0 Å². The summed E-state index contributed by atoms with van der Waals surface area (Å²) in [6.07, 6.45) is 4.81. The number of hydrogen-bond donors (Lipinski definition) is 3. The molecule has 0 amide bonds. The molecule has 2 unspecified atom stereocenters. The van der Waals surface area contributed by atoms with E-state index in [1.54, 1.807) is 16.8 Å². The average molecular weight is 368 g/mol. The van der Waals surface area contributed by atoms with Crippen molar-refractivity contribution in [3.63, 3.8) is 0 Å². The van der Waals surface area contributed by atoms with Gasteiger partial charge in [0, 0.05) is 11.5 Å². The van der Waals surface area contributed by atoms with E-state index in [-0.39, 0.29) is 5.92 Å². The van der Waals surface area contributed by atoms with E-state index in [9.17, 15) is 0 Å². The summed E-state index contributed by atoms with van der Waals surface area (Å²) in [4.78, 5) is 8.73. The number of aromatic nitrogens is 3. The van der Waals surface area contributed by atoms with Crippen molar-refractivity contribution in [2.45, 2.75) is 18.5 Å². The number of rotatable bonds is 3. The molecule has 0 saturated heterocycles. The highest BCUT2D eigenvalue weighted by Crippen LogP contribution is 2.36. The van der Waals surface area contributed by atoms with Gasteiger partial charge in [-0.05, 0) is 17.7 Å². The zero-order chi connectivity index (χ0) is 18.3. The van der Waals surface area contributed by atoms with Crippen molar-refractivity contribution in [3.8, 4) is 11.3 Å². The molecule has 7 nitrogen and oxygen atoms in total. The summed E-state index contributed by atoms with van der Waals surface area (Å²) in [6.45, 7) is 2.00. The molecular formula is C18H18ClN7. The van der Waals surface area contributed by atoms with Gasteiger partial charge in [0.1, 0.15) is 11.5 Å². The lowest BCUT2D eigenvalue weighted by molar-refractivity contribution is 0.457. The summed E-state index contributed by atoms with van der Waals surface area (Å²) in [5, 5.41) is 8.01. The standard InChI is InChI=1S/C18H18ClN7/c1-11(18(21)8-15(20)23-10-24-18)13-7-16-22-9-14(19)26(16)25-17(13)12-5-3-2-4-6-12/h2-11H,20-21H2,1H3,(H,23,24). The molecule has 3 heterocycles. The highest BCUT2D eigenvalue weighted by molar-refractivity contribution is 6.29. The fourth-order valence-electron chi connectivity index (χ4n) is 3.08. The van der Waals surface area contributed by atoms with Crippen LogP contribution >= 0.6 is 11.6 Å². The van der Waals surface area contributed by atoms with Gasteiger partial charge in [-0.25, -0.2) is 14.5 Å². The lowest BCUT2D eigenvalue weighted by Gasteiger charge is -2.32. The van der Waals surface area contributed by atoms with Gasteiger partial charge in [0.15, 0.2) is 10.8 Å². The van der Waals surface area contributed by atoms with E-state index >= 15 is 0 Å². The Morgan fingerprint density at radius 3 is 2.77 bits per heavy atom. The fraction of sp³-hybridized carbons (Fsp3) is 0.167. The van der Waals surface area contributed by atoms with Gasteiger partial charge >= 0.3 is 0 Å². The van der Waals surface area contributed by atoms with E-state index in [4.69, 9.17) is 28.2 Å². The predicted molar refractivity (Wildman–Crippen MR) is 103 cm³/mol. The number of benzene rings is 1. The third-order valence-corrected chi connectivity index (χ3v) is 4.85. The van der Waals surface area contributed by atoms with Crippen molar-refractivity contribution in [2.24, 2.45) is 16.5 Å². The Labute approximate surface area is 155 Å². The van der Waals surface area contributed by atoms with Crippen LogP contribution in [0.4, 0.5) is 0 Å². The number of halogens is 1. The summed E-state index contributed by atoms with van der Waals surface area (Å²) in [6, 6.07) is 11.8. The Kier molecular flexibility index (Phi) is 3.90. The molecule has 1 aromatic carbocycles. The normalized spacial score (nSPS) is 20.7. The van der Waals surface area contributed by atoms with Crippen LogP contribution in [0.1, 0.15) is 18.4 Å². The Morgan fingerprint density at radius 1 is 1.27 bits per heavy atom. The number of nitrogens with one attached hydrogen (secondary N) is 1. The first-order chi connectivity index (χ1) is 12.5. The quantitative estimate of drug-likeness (QED) is 0.658. The molecule has 4 rings (SSSR count). The molecule has 0 spiro atoms. The van der Waals surface area contributed by atoms with E-state index in [1.807, 2.05) is 43.3 Å². The van der Waals surface area contributed by atoms with Gasteiger partial charge in [0.25, 0.3) is 0 Å². The van der Waals surface area contributed by atoms with E-state index in [0.29, 0.717) is 16.6 Å². The summed E-state index contributed by atoms with van der Waals surface area (Å²) < 4.78 is 1.61. The third kappa shape index (κ3) is 2.71. The zero-order valence-electron chi connectivity index (χ0n) is 14.1. The molecule has 2 atom stereocenters. The minimum absolute atomic E-state index is 0.206. The van der Waals surface area contributed by atoms with Crippen LogP contribution in [0.5, 0.6) is 0 Å². The number of imidazole rings is 1. The van der Waals surface area contributed by atoms with Crippen LogP contribution in [0.25, 0.3) is 16.9 Å². The molecule has 5 N–H and O–H groups in total. The number of aliphatic imine (C=N–C) groups is 1. The number of nitrogens with zero attached hydrogens (tertiary/aromatic N) is 4. The number of fused-ring (bicyclic) bond motifs is 1. The molecule has 8 heteroatoms. The van der Waals surface area contributed by atoms with Crippen molar-refractivity contribution in [1.29, 1.82) is 0 Å². The zero-order valence-corrected chi connectivity index (χ0v) is 14.9. The van der Waals surface area contributed by atoms with Gasteiger partial charge < -0.3 is 16.8 Å². The minimum atomic E-state index is -0.991. The SMILES string of the molecule is CC(c1cc2ncc(Cl)n2nc1-c1ccccc1)C1(N)C=C(N)NC=N1. The van der Waals surface area contributed by atoms with Crippen LogP contribution in [-0.4, -0.2) is 26.6 Å². The van der Waals surface area contributed by atoms with Crippen LogP contribution in [0.15, 0.2) is 59.5 Å². The Bertz CT molecular complexity index is 1020. The predicted octanol–water partition coefficient (Wildman–Crippen LogP) is 2.24. The minimum Gasteiger partial charge on any atom is -0.385 e. The van der Waals surface area contributed by atoms with Crippen LogP contribution in [0.3, 0.4) is 0 Å². The molecule has 0 bridgehead atoms. The van der Waals surface area contributed by atoms with E-state index in [0.717, 1.165) is 16.8 Å². The van der Waals surface area contributed by atoms with Gasteiger partial charge in [-0.1, -0.05) is 48.9 Å². The Morgan fingerprint density at radius 2 is 2.04 bits per heavy atom. The van der Waals surface area contributed by atoms with E-state index in [2.05, 4.69) is 15.3 Å². The van der Waals surface area contributed by atoms with Gasteiger partial charge in [-0.3, -0.25) is 0 Å². The largest absolute Gasteiger partial charge is 0.385 e. The summed E-state index contributed by atoms with van der Waals surface area (Å²) in [5.41, 5.74) is 14.7. The third-order valence-electron chi connectivity index (χ3n) is 4.59. The Hall–Kier alpha value is -2.90. The van der Waals surface area contributed by atoms with Gasteiger partial charge in [-0.15, -0.1) is 0 Å². The highest BCUT2D eigenvalue weighted by atomic mass is 35.5. The lowest BCUT2D eigenvalue weighted by Crippen LogP contribution is -2.46. The molecule has 132 valence electrons. The maximum Gasteiger partial charge on any atom is 0.155 e. The van der Waals surface area contributed by atoms with Gasteiger partial charge in [0.05, 0.1) is 18.2 Å². The monoisotopic (exact) mass is 367 g/mol. The van der Waals surface area contributed by atoms with Crippen molar-refractivity contribution >= 4 is 23.6 Å². The molecule has 0 aliphatic carbocycles. The Balaban J connectivity index is 1.93. The molecule has 1 aliphatic rings. The summed E-state index contributed by atoms with van der Waals surface area (Å²) in [7, 11) is 0. The molecule has 2 aromatic heterocycles. The first kappa shape index (κ1) is 16.6. The lowest BCUT2D eigenvalue weighted by atomic mass is 9.85. The average Bonchev–Trinajstić information content (AvgIpc) is 3.01. The molecule has 0 radical (unpaired) electrons. The second-order valence-electron chi connectivity index (χ2n) is 6.28. The fourth-order valence-corrected chi connectivity index (χ4v) is 3.26. The first-order valence-electron chi connectivity index (χ1n) is 8.15. The smallest absolute Gasteiger partial charge is 0.155 e. The number of nitrogens with two attached hydrogens (primary N) is 2. The molecule has 0 saturated carbocycles. The molecular weight excluding hydrogens is 350 g/mol. The van der Waals surface area contributed by atoms with Gasteiger partial charge in [0.2, 0.25) is 0 Å².